The van der Waals surface area contributed by atoms with E-state index in [0.717, 1.165) is 50.7 Å². The summed E-state index contributed by atoms with van der Waals surface area (Å²) < 4.78 is 11.1. The van der Waals surface area contributed by atoms with Crippen LogP contribution in [0.4, 0.5) is 0 Å². The number of hydrogen-bond acceptors (Lipinski definition) is 4. The highest BCUT2D eigenvalue weighted by Crippen LogP contribution is 2.13. The Morgan fingerprint density at radius 2 is 2.14 bits per heavy atom. The maximum atomic E-state index is 5.72. The molecule has 1 aromatic rings. The number of halogens is 1. The molecule has 7 heteroatoms. The second-order valence-corrected chi connectivity index (χ2v) is 7.69. The van der Waals surface area contributed by atoms with Gasteiger partial charge in [-0.1, -0.05) is 13.3 Å². The second-order valence-electron chi connectivity index (χ2n) is 7.69. The molecule has 1 aromatic heterocycles. The summed E-state index contributed by atoms with van der Waals surface area (Å²) in [6.07, 6.45) is 10.1. The molecule has 3 heterocycles. The summed E-state index contributed by atoms with van der Waals surface area (Å²) in [5.41, 5.74) is 0. The van der Waals surface area contributed by atoms with Crippen molar-refractivity contribution in [3.8, 4) is 0 Å². The fraction of sp³-hybridized carbons (Fsp3) is 0.762. The zero-order chi connectivity index (χ0) is 18.7. The van der Waals surface area contributed by atoms with Gasteiger partial charge in [-0.2, -0.15) is 0 Å². The smallest absolute Gasteiger partial charge is 0.191 e. The Labute approximate surface area is 186 Å². The largest absolute Gasteiger partial charge is 0.469 e. The normalized spacial score (nSPS) is 21.5. The van der Waals surface area contributed by atoms with E-state index in [0.29, 0.717) is 6.04 Å². The lowest BCUT2D eigenvalue weighted by molar-refractivity contribution is 0.117. The van der Waals surface area contributed by atoms with Gasteiger partial charge in [0.2, 0.25) is 0 Å². The molecule has 0 radical (unpaired) electrons. The lowest BCUT2D eigenvalue weighted by Crippen LogP contribution is -2.49. The second kappa shape index (κ2) is 13.4. The van der Waals surface area contributed by atoms with Crippen molar-refractivity contribution in [2.75, 3.05) is 39.3 Å². The molecular weight excluding hydrogens is 467 g/mol. The molecule has 2 saturated heterocycles. The van der Waals surface area contributed by atoms with Crippen molar-refractivity contribution < 1.29 is 9.15 Å². The average Bonchev–Trinajstić information content (AvgIpc) is 3.39. The summed E-state index contributed by atoms with van der Waals surface area (Å²) >= 11 is 0. The van der Waals surface area contributed by atoms with E-state index in [1.165, 1.54) is 45.3 Å². The third-order valence-corrected chi connectivity index (χ3v) is 5.48. The number of likely N-dealkylation sites (tertiary alicyclic amines) is 1. The molecule has 2 N–H and O–H groups in total. The summed E-state index contributed by atoms with van der Waals surface area (Å²) in [5.74, 6) is 1.93. The highest BCUT2D eigenvalue weighted by molar-refractivity contribution is 14.0. The zero-order valence-electron chi connectivity index (χ0n) is 17.2. The van der Waals surface area contributed by atoms with Crippen molar-refractivity contribution in [1.29, 1.82) is 0 Å². The monoisotopic (exact) mass is 504 g/mol. The standard InChI is InChI=1S/C21H36N4O2.HI/c1-2-3-12-25-13-9-18(10-14-25)24-21(23-17-20-7-5-16-27-20)22-11-8-19-6-4-15-26-19;/h4,6,15,18,20H,2-3,5,7-14,16-17H2,1H3,(H2,22,23,24);1H. The molecule has 0 saturated carbocycles. The minimum Gasteiger partial charge on any atom is -0.469 e. The summed E-state index contributed by atoms with van der Waals surface area (Å²) in [6.45, 7) is 8.31. The van der Waals surface area contributed by atoms with Gasteiger partial charge in [0.1, 0.15) is 5.76 Å². The van der Waals surface area contributed by atoms with Gasteiger partial charge in [0.25, 0.3) is 0 Å². The van der Waals surface area contributed by atoms with E-state index < -0.39 is 0 Å². The van der Waals surface area contributed by atoms with E-state index in [9.17, 15) is 0 Å². The summed E-state index contributed by atoms with van der Waals surface area (Å²) in [4.78, 5) is 7.40. The number of unbranched alkanes of at least 4 members (excludes halogenated alkanes) is 1. The van der Waals surface area contributed by atoms with E-state index in [4.69, 9.17) is 14.1 Å². The quantitative estimate of drug-likeness (QED) is 0.307. The van der Waals surface area contributed by atoms with Gasteiger partial charge in [-0.05, 0) is 50.8 Å². The fourth-order valence-electron chi connectivity index (χ4n) is 3.77. The van der Waals surface area contributed by atoms with Crippen LogP contribution in [0.1, 0.15) is 51.2 Å². The Balaban J connectivity index is 0.00000280. The first kappa shape index (κ1) is 23.5. The van der Waals surface area contributed by atoms with Gasteiger partial charge in [-0.3, -0.25) is 4.99 Å². The van der Waals surface area contributed by atoms with Crippen LogP contribution >= 0.6 is 24.0 Å². The van der Waals surface area contributed by atoms with Crippen molar-refractivity contribution >= 4 is 29.9 Å². The predicted molar refractivity (Wildman–Crippen MR) is 125 cm³/mol. The van der Waals surface area contributed by atoms with Gasteiger partial charge in [0.05, 0.1) is 18.9 Å². The van der Waals surface area contributed by atoms with Gasteiger partial charge < -0.3 is 24.7 Å². The number of aliphatic imine (C=N–C) groups is 1. The van der Waals surface area contributed by atoms with E-state index in [2.05, 4.69) is 22.5 Å². The number of ether oxygens (including phenoxy) is 1. The zero-order valence-corrected chi connectivity index (χ0v) is 19.5. The highest BCUT2D eigenvalue weighted by Gasteiger charge is 2.20. The van der Waals surface area contributed by atoms with Gasteiger partial charge in [-0.25, -0.2) is 0 Å². The van der Waals surface area contributed by atoms with E-state index in [-0.39, 0.29) is 30.1 Å². The molecule has 1 unspecified atom stereocenters. The highest BCUT2D eigenvalue weighted by atomic mass is 127. The van der Waals surface area contributed by atoms with Crippen LogP contribution in [0.5, 0.6) is 0 Å². The Hall–Kier alpha value is -0.800. The van der Waals surface area contributed by atoms with Crippen molar-refractivity contribution in [3.63, 3.8) is 0 Å². The molecule has 0 spiro atoms. The van der Waals surface area contributed by atoms with Gasteiger partial charge in [-0.15, -0.1) is 24.0 Å². The number of nitrogens with zero attached hydrogens (tertiary/aromatic N) is 2. The van der Waals surface area contributed by atoms with Crippen LogP contribution in [0.25, 0.3) is 0 Å². The van der Waals surface area contributed by atoms with Crippen molar-refractivity contribution in [3.05, 3.63) is 24.2 Å². The Kier molecular flexibility index (Phi) is 11.3. The van der Waals surface area contributed by atoms with Crippen LogP contribution in [-0.4, -0.2) is 62.3 Å². The first-order valence-electron chi connectivity index (χ1n) is 10.7. The average molecular weight is 504 g/mol. The van der Waals surface area contributed by atoms with Crippen molar-refractivity contribution in [2.24, 2.45) is 4.99 Å². The topological polar surface area (TPSA) is 62.0 Å². The first-order chi connectivity index (χ1) is 13.3. The SMILES string of the molecule is CCCCN1CCC(NC(=NCC2CCCO2)NCCc2ccco2)CC1.I. The van der Waals surface area contributed by atoms with Gasteiger partial charge in [0.15, 0.2) is 5.96 Å². The van der Waals surface area contributed by atoms with Crippen LogP contribution in [0.2, 0.25) is 0 Å². The van der Waals surface area contributed by atoms with Gasteiger partial charge >= 0.3 is 0 Å². The number of hydrogen-bond donors (Lipinski definition) is 2. The molecular formula is C21H37IN4O2. The summed E-state index contributed by atoms with van der Waals surface area (Å²) in [6, 6.07) is 4.46. The molecule has 28 heavy (non-hydrogen) atoms. The lowest BCUT2D eigenvalue weighted by Gasteiger charge is -2.33. The minimum absolute atomic E-state index is 0. The molecule has 2 aliphatic heterocycles. The third-order valence-electron chi connectivity index (χ3n) is 5.48. The van der Waals surface area contributed by atoms with Crippen molar-refractivity contribution in [2.45, 2.75) is 64.0 Å². The molecule has 1 atom stereocenters. The summed E-state index contributed by atoms with van der Waals surface area (Å²) in [7, 11) is 0. The van der Waals surface area contributed by atoms with Crippen molar-refractivity contribution in [1.82, 2.24) is 15.5 Å². The van der Waals surface area contributed by atoms with E-state index >= 15 is 0 Å². The van der Waals surface area contributed by atoms with Crippen LogP contribution in [0.3, 0.4) is 0 Å². The Bertz CT molecular complexity index is 539. The maximum Gasteiger partial charge on any atom is 0.191 e. The van der Waals surface area contributed by atoms with Crippen LogP contribution in [-0.2, 0) is 11.2 Å². The summed E-state index contributed by atoms with van der Waals surface area (Å²) in [5, 5.41) is 7.15. The lowest BCUT2D eigenvalue weighted by atomic mass is 10.0. The molecule has 2 aliphatic rings. The number of piperidine rings is 1. The molecule has 0 bridgehead atoms. The number of furan rings is 1. The molecule has 0 aromatic carbocycles. The number of guanidine groups is 1. The molecule has 3 rings (SSSR count). The third kappa shape index (κ3) is 8.29. The maximum absolute atomic E-state index is 5.72. The number of nitrogens with one attached hydrogen (secondary N) is 2. The predicted octanol–water partition coefficient (Wildman–Crippen LogP) is 3.42. The molecule has 6 nitrogen and oxygen atoms in total. The molecule has 0 aliphatic carbocycles. The Morgan fingerprint density at radius 1 is 1.29 bits per heavy atom. The fourth-order valence-corrected chi connectivity index (χ4v) is 3.77. The van der Waals surface area contributed by atoms with E-state index in [1.54, 1.807) is 6.26 Å². The number of rotatable bonds is 9. The molecule has 2 fully saturated rings. The van der Waals surface area contributed by atoms with Crippen LogP contribution < -0.4 is 10.6 Å². The molecule has 160 valence electrons. The van der Waals surface area contributed by atoms with Crippen LogP contribution in [0.15, 0.2) is 27.8 Å². The Morgan fingerprint density at radius 3 is 2.82 bits per heavy atom. The van der Waals surface area contributed by atoms with Crippen LogP contribution in [0, 0.1) is 0 Å². The minimum atomic E-state index is 0. The first-order valence-corrected chi connectivity index (χ1v) is 10.7. The van der Waals surface area contributed by atoms with Gasteiger partial charge in [0, 0.05) is 38.7 Å². The molecule has 0 amide bonds. The van der Waals surface area contributed by atoms with E-state index in [1.807, 2.05) is 12.1 Å².